The van der Waals surface area contributed by atoms with Crippen LogP contribution in [-0.4, -0.2) is 53.3 Å². The molecule has 0 spiro atoms. The molecule has 33 heavy (non-hydrogen) atoms. The predicted octanol–water partition coefficient (Wildman–Crippen LogP) is 5.07. The van der Waals surface area contributed by atoms with Crippen molar-refractivity contribution in [3.8, 4) is 0 Å². The number of rotatable bonds is 11. The Bertz CT molecular complexity index is 690. The fourth-order valence-electron chi connectivity index (χ4n) is 3.02. The maximum Gasteiger partial charge on any atom is 0.340 e. The third-order valence-electron chi connectivity index (χ3n) is 5.13. The van der Waals surface area contributed by atoms with Crippen LogP contribution < -0.4 is 0 Å². The number of esters is 2. The zero-order valence-electron chi connectivity index (χ0n) is 20.8. The Hall–Kier alpha value is -1.09. The number of ether oxygens (including phenoxy) is 2. The van der Waals surface area contributed by atoms with Gasteiger partial charge >= 0.3 is 25.5 Å². The van der Waals surface area contributed by atoms with Crippen LogP contribution in [0.5, 0.6) is 0 Å². The van der Waals surface area contributed by atoms with Gasteiger partial charge in [0.25, 0.3) is 0 Å². The molecule has 1 fully saturated rings. The maximum atomic E-state index is 13.9. The summed E-state index contributed by atoms with van der Waals surface area (Å²) in [7, 11) is -4.02. The van der Waals surface area contributed by atoms with E-state index in [0.29, 0.717) is 12.2 Å². The lowest BCUT2D eigenvalue weighted by molar-refractivity contribution is -0.162. The van der Waals surface area contributed by atoms with E-state index in [-0.39, 0.29) is 11.7 Å². The van der Waals surface area contributed by atoms with Crippen molar-refractivity contribution in [3.05, 3.63) is 0 Å². The van der Waals surface area contributed by atoms with Crippen LogP contribution in [0.15, 0.2) is 0 Å². The largest absolute Gasteiger partial charge is 0.481 e. The second kappa shape index (κ2) is 12.6. The quantitative estimate of drug-likeness (QED) is 0.229. The lowest BCUT2D eigenvalue weighted by Crippen LogP contribution is -2.37. The number of carboxylic acids is 1. The maximum absolute atomic E-state index is 13.9. The standard InChI is InChI=1S/C22H39O9PS/c1-8-9-10-17-16(11-15(12-33-17)18(23)24)32(27,30-13-28-19(25)21(2,3)4)31-14-29-20(26)22(5,6)7/h15-17H,8-14H2,1-7H3,(H,23,24)/t15-,16-,17-/m0/s1. The van der Waals surface area contributed by atoms with Crippen LogP contribution in [0.3, 0.4) is 0 Å². The number of unbranched alkanes of at least 4 members (excludes halogenated alkanes) is 1. The van der Waals surface area contributed by atoms with E-state index in [2.05, 4.69) is 0 Å². The van der Waals surface area contributed by atoms with E-state index in [1.165, 1.54) is 11.8 Å². The Labute approximate surface area is 201 Å². The zero-order chi connectivity index (χ0) is 25.4. The van der Waals surface area contributed by atoms with Gasteiger partial charge in [-0.1, -0.05) is 19.8 Å². The Morgan fingerprint density at radius 2 is 1.45 bits per heavy atom. The lowest BCUT2D eigenvalue weighted by atomic mass is 9.98. The van der Waals surface area contributed by atoms with Gasteiger partial charge in [0.1, 0.15) is 0 Å². The molecule has 0 aromatic rings. The summed E-state index contributed by atoms with van der Waals surface area (Å²) in [5.41, 5.74) is -2.31. The molecule has 9 nitrogen and oxygen atoms in total. The van der Waals surface area contributed by atoms with E-state index in [1.54, 1.807) is 41.5 Å². The topological polar surface area (TPSA) is 125 Å². The number of thioether (sulfide) groups is 1. The molecule has 0 aliphatic carbocycles. The van der Waals surface area contributed by atoms with Crippen molar-refractivity contribution in [1.29, 1.82) is 0 Å². The molecule has 1 aliphatic rings. The lowest BCUT2D eigenvalue weighted by Gasteiger charge is -2.37. The minimum absolute atomic E-state index is 0.0917. The normalized spacial score (nSPS) is 22.0. The molecule has 3 atom stereocenters. The summed E-state index contributed by atoms with van der Waals surface area (Å²) < 4.78 is 35.2. The molecule has 1 aliphatic heterocycles. The molecule has 1 N–H and O–H groups in total. The van der Waals surface area contributed by atoms with Crippen LogP contribution in [0.2, 0.25) is 0 Å². The van der Waals surface area contributed by atoms with Crippen LogP contribution in [-0.2, 0) is 37.5 Å². The Kier molecular flexibility index (Phi) is 11.4. The van der Waals surface area contributed by atoms with E-state index in [1.807, 2.05) is 6.92 Å². The number of aliphatic carboxylic acids is 1. The number of carbonyl (C=O) groups is 3. The van der Waals surface area contributed by atoms with Crippen molar-refractivity contribution in [2.45, 2.75) is 85.1 Å². The van der Waals surface area contributed by atoms with Crippen molar-refractivity contribution in [3.63, 3.8) is 0 Å². The first-order chi connectivity index (χ1) is 15.1. The van der Waals surface area contributed by atoms with Crippen LogP contribution >= 0.6 is 19.4 Å². The van der Waals surface area contributed by atoms with Crippen LogP contribution in [0, 0.1) is 16.7 Å². The molecule has 1 heterocycles. The summed E-state index contributed by atoms with van der Waals surface area (Å²) in [6.45, 7) is 10.9. The summed E-state index contributed by atoms with van der Waals surface area (Å²) in [6, 6.07) is 0. The molecular formula is C22H39O9PS. The molecule has 0 radical (unpaired) electrons. The summed E-state index contributed by atoms with van der Waals surface area (Å²) in [6.07, 6.45) is 2.58. The van der Waals surface area contributed by atoms with Gasteiger partial charge in [-0.05, 0) is 54.4 Å². The average Bonchev–Trinajstić information content (AvgIpc) is 2.70. The predicted molar refractivity (Wildman–Crippen MR) is 126 cm³/mol. The minimum atomic E-state index is -4.02. The number of hydrogen-bond donors (Lipinski definition) is 1. The Morgan fingerprint density at radius 1 is 0.970 bits per heavy atom. The second-order valence-electron chi connectivity index (χ2n) is 10.2. The summed E-state index contributed by atoms with van der Waals surface area (Å²) >= 11 is 1.43. The third kappa shape index (κ3) is 9.59. The highest BCUT2D eigenvalue weighted by Crippen LogP contribution is 2.60. The fourth-order valence-corrected chi connectivity index (χ4v) is 7.07. The van der Waals surface area contributed by atoms with Gasteiger partial charge in [0.05, 0.1) is 22.4 Å². The van der Waals surface area contributed by atoms with Crippen molar-refractivity contribution < 1.29 is 42.6 Å². The monoisotopic (exact) mass is 510 g/mol. The SMILES string of the molecule is CCCC[C@@H]1SC[C@@H](C(=O)O)C[C@@H]1P(=O)(OCOC(=O)C(C)(C)C)OCOC(=O)C(C)(C)C. The molecule has 11 heteroatoms. The van der Waals surface area contributed by atoms with Crippen molar-refractivity contribution in [2.24, 2.45) is 16.7 Å². The van der Waals surface area contributed by atoms with Gasteiger partial charge in [-0.3, -0.25) is 28.0 Å². The molecule has 1 saturated heterocycles. The number of hydrogen-bond acceptors (Lipinski definition) is 9. The third-order valence-corrected chi connectivity index (χ3v) is 9.24. The van der Waals surface area contributed by atoms with Gasteiger partial charge in [0, 0.05) is 11.0 Å². The Balaban J connectivity index is 3.08. The van der Waals surface area contributed by atoms with E-state index in [0.717, 1.165) is 12.8 Å². The Morgan fingerprint density at radius 3 is 1.85 bits per heavy atom. The van der Waals surface area contributed by atoms with Gasteiger partial charge < -0.3 is 14.6 Å². The van der Waals surface area contributed by atoms with Gasteiger partial charge in [-0.15, -0.1) is 0 Å². The number of carbonyl (C=O) groups excluding carboxylic acids is 2. The molecule has 0 bridgehead atoms. The second-order valence-corrected chi connectivity index (χ2v) is 13.8. The van der Waals surface area contributed by atoms with E-state index in [9.17, 15) is 24.1 Å². The smallest absolute Gasteiger partial charge is 0.340 e. The molecule has 0 amide bonds. The molecule has 1 rings (SSSR count). The van der Waals surface area contributed by atoms with Gasteiger partial charge in [0.2, 0.25) is 13.6 Å². The van der Waals surface area contributed by atoms with E-state index < -0.39 is 61.5 Å². The van der Waals surface area contributed by atoms with Crippen LogP contribution in [0.4, 0.5) is 0 Å². The molecule has 192 valence electrons. The molecule has 0 saturated carbocycles. The molecule has 0 aromatic carbocycles. The zero-order valence-corrected chi connectivity index (χ0v) is 22.5. The van der Waals surface area contributed by atoms with Crippen LogP contribution in [0.1, 0.15) is 74.1 Å². The highest BCUT2D eigenvalue weighted by Gasteiger charge is 2.47. The van der Waals surface area contributed by atoms with Crippen molar-refractivity contribution >= 4 is 37.3 Å². The molecular weight excluding hydrogens is 471 g/mol. The van der Waals surface area contributed by atoms with Crippen molar-refractivity contribution in [2.75, 3.05) is 19.3 Å². The molecule has 0 aromatic heterocycles. The summed E-state index contributed by atoms with van der Waals surface area (Å²) in [5, 5.41) is 9.37. The first kappa shape index (κ1) is 29.9. The molecule has 0 unspecified atom stereocenters. The van der Waals surface area contributed by atoms with Gasteiger partial charge in [0.15, 0.2) is 0 Å². The van der Waals surface area contributed by atoms with E-state index in [4.69, 9.17) is 18.5 Å². The average molecular weight is 511 g/mol. The fraction of sp³-hybridized carbons (Fsp3) is 0.864. The minimum Gasteiger partial charge on any atom is -0.481 e. The highest BCUT2D eigenvalue weighted by atomic mass is 32.2. The highest BCUT2D eigenvalue weighted by molar-refractivity contribution is 8.00. The summed E-state index contributed by atoms with van der Waals surface area (Å²) in [4.78, 5) is 35.9. The first-order valence-corrected chi connectivity index (χ1v) is 13.9. The summed E-state index contributed by atoms with van der Waals surface area (Å²) in [5.74, 6) is -2.38. The van der Waals surface area contributed by atoms with Crippen molar-refractivity contribution in [1.82, 2.24) is 0 Å². The van der Waals surface area contributed by atoms with Crippen LogP contribution in [0.25, 0.3) is 0 Å². The van der Waals surface area contributed by atoms with E-state index >= 15 is 0 Å². The first-order valence-electron chi connectivity index (χ1n) is 11.2. The van der Waals surface area contributed by atoms with Gasteiger partial charge in [-0.25, -0.2) is 0 Å². The van der Waals surface area contributed by atoms with Gasteiger partial charge in [-0.2, -0.15) is 11.8 Å². The number of carboxylic acid groups (broad SMARTS) is 1.